The molecule has 1 aromatic rings. The highest BCUT2D eigenvalue weighted by molar-refractivity contribution is 6.30. The molecule has 4 aliphatic rings. The van der Waals surface area contributed by atoms with Gasteiger partial charge in [0.1, 0.15) is 5.78 Å². The third-order valence-corrected chi connectivity index (χ3v) is 6.56. The summed E-state index contributed by atoms with van der Waals surface area (Å²) in [6.45, 7) is 8.12. The van der Waals surface area contributed by atoms with E-state index in [4.69, 9.17) is 11.6 Å². The van der Waals surface area contributed by atoms with E-state index in [1.165, 1.54) is 5.56 Å². The molecule has 0 amide bonds. The summed E-state index contributed by atoms with van der Waals surface area (Å²) in [7, 11) is 0. The minimum Gasteiger partial charge on any atom is -0.298 e. The average Bonchev–Trinajstić information content (AvgIpc) is 2.54. The van der Waals surface area contributed by atoms with Gasteiger partial charge in [0.05, 0.1) is 17.0 Å². The fourth-order valence-corrected chi connectivity index (χ4v) is 5.88. The van der Waals surface area contributed by atoms with Crippen molar-refractivity contribution in [2.45, 2.75) is 45.7 Å². The predicted molar refractivity (Wildman–Crippen MR) is 97.0 cm³/mol. The lowest BCUT2D eigenvalue weighted by Gasteiger charge is -2.66. The van der Waals surface area contributed by atoms with E-state index in [1.807, 2.05) is 12.1 Å². The zero-order valence-corrected chi connectivity index (χ0v) is 15.5. The molecule has 130 valence electrons. The number of rotatable bonds is 5. The third-order valence-electron chi connectivity index (χ3n) is 6.30. The first-order valence-corrected chi connectivity index (χ1v) is 9.70. The van der Waals surface area contributed by atoms with Crippen LogP contribution in [0, 0.1) is 10.8 Å². The van der Waals surface area contributed by atoms with Crippen LogP contribution < -0.4 is 0 Å². The standard InChI is InChI=1S/C20H27ClN2O/c1-3-9-19-11-22-13-20(10-4-2,18(19)24)14-23(12-19)17(22)15-5-7-16(21)8-6-15/h5-8,17H,3-4,9-14H2,1-2H3. The minimum absolute atomic E-state index is 0.136. The Morgan fingerprint density at radius 2 is 1.42 bits per heavy atom. The van der Waals surface area contributed by atoms with Gasteiger partial charge in [-0.25, -0.2) is 0 Å². The smallest absolute Gasteiger partial charge is 0.150 e. The molecule has 4 heteroatoms. The molecule has 1 aromatic carbocycles. The molecular formula is C20H27ClN2O. The average molecular weight is 347 g/mol. The van der Waals surface area contributed by atoms with Crippen LogP contribution in [0.1, 0.15) is 51.3 Å². The third kappa shape index (κ3) is 2.28. The molecule has 0 radical (unpaired) electrons. The van der Waals surface area contributed by atoms with Gasteiger partial charge in [0.2, 0.25) is 0 Å². The van der Waals surface area contributed by atoms with Crippen molar-refractivity contribution in [3.05, 3.63) is 34.9 Å². The van der Waals surface area contributed by atoms with Gasteiger partial charge >= 0.3 is 0 Å². The molecule has 4 fully saturated rings. The summed E-state index contributed by atoms with van der Waals surface area (Å²) in [4.78, 5) is 18.6. The van der Waals surface area contributed by atoms with Gasteiger partial charge in [0.25, 0.3) is 0 Å². The highest BCUT2D eigenvalue weighted by Crippen LogP contribution is 2.55. The number of carbonyl (C=O) groups is 1. The first-order chi connectivity index (χ1) is 11.5. The fraction of sp³-hybridized carbons (Fsp3) is 0.650. The first kappa shape index (κ1) is 16.6. The molecule has 24 heavy (non-hydrogen) atoms. The molecule has 0 aliphatic carbocycles. The van der Waals surface area contributed by atoms with E-state index in [1.54, 1.807) is 0 Å². The second-order valence-electron chi connectivity index (χ2n) is 8.12. The van der Waals surface area contributed by atoms with Crippen molar-refractivity contribution in [3.63, 3.8) is 0 Å². The molecule has 5 rings (SSSR count). The minimum atomic E-state index is -0.136. The Kier molecular flexibility index (Phi) is 4.02. The van der Waals surface area contributed by atoms with Crippen LogP contribution in [0.2, 0.25) is 5.02 Å². The Balaban J connectivity index is 1.72. The Labute approximate surface area is 150 Å². The molecular weight excluding hydrogens is 320 g/mol. The monoisotopic (exact) mass is 346 g/mol. The molecule has 0 atom stereocenters. The SMILES string of the molecule is CCCC12CN3CC(CCC)(CN(C1)C3c1ccc(Cl)cc1)C2=O. The number of benzene rings is 1. The van der Waals surface area contributed by atoms with E-state index < -0.39 is 0 Å². The quantitative estimate of drug-likeness (QED) is 0.801. The molecule has 0 N–H and O–H groups in total. The van der Waals surface area contributed by atoms with Crippen molar-refractivity contribution in [2.75, 3.05) is 26.2 Å². The normalized spacial score (nSPS) is 40.3. The van der Waals surface area contributed by atoms with Gasteiger partial charge in [-0.1, -0.05) is 50.4 Å². The topological polar surface area (TPSA) is 23.6 Å². The van der Waals surface area contributed by atoms with Crippen molar-refractivity contribution in [2.24, 2.45) is 10.8 Å². The maximum absolute atomic E-state index is 13.4. The van der Waals surface area contributed by atoms with E-state index in [0.29, 0.717) is 11.9 Å². The van der Waals surface area contributed by atoms with Crippen LogP contribution in [0.3, 0.4) is 0 Å². The second-order valence-corrected chi connectivity index (χ2v) is 8.56. The van der Waals surface area contributed by atoms with Crippen molar-refractivity contribution >= 4 is 17.4 Å². The number of ketones is 1. The fourth-order valence-electron chi connectivity index (χ4n) is 5.75. The van der Waals surface area contributed by atoms with E-state index in [0.717, 1.165) is 56.9 Å². The zero-order valence-electron chi connectivity index (χ0n) is 14.7. The number of hydrogen-bond acceptors (Lipinski definition) is 3. The van der Waals surface area contributed by atoms with Gasteiger partial charge in [0.15, 0.2) is 0 Å². The van der Waals surface area contributed by atoms with Crippen molar-refractivity contribution in [3.8, 4) is 0 Å². The Morgan fingerprint density at radius 3 is 1.83 bits per heavy atom. The predicted octanol–water partition coefficient (Wildman–Crippen LogP) is 4.13. The maximum atomic E-state index is 13.4. The first-order valence-electron chi connectivity index (χ1n) is 9.32. The van der Waals surface area contributed by atoms with Crippen molar-refractivity contribution in [1.82, 2.24) is 9.80 Å². The van der Waals surface area contributed by atoms with Crippen LogP contribution in [-0.2, 0) is 4.79 Å². The summed E-state index contributed by atoms with van der Waals surface area (Å²) < 4.78 is 0. The molecule has 0 spiro atoms. The van der Waals surface area contributed by atoms with Crippen LogP contribution >= 0.6 is 11.6 Å². The lowest BCUT2D eigenvalue weighted by Crippen LogP contribution is -2.76. The molecule has 0 aromatic heterocycles. The summed E-state index contributed by atoms with van der Waals surface area (Å²) in [6.07, 6.45) is 4.53. The van der Waals surface area contributed by atoms with Crippen LogP contribution in [0.15, 0.2) is 24.3 Å². The molecule has 4 aliphatic heterocycles. The number of Topliss-reactive ketones (excluding diaryl/α,β-unsaturated/α-hetero) is 1. The molecule has 0 unspecified atom stereocenters. The number of carbonyl (C=O) groups excluding carboxylic acids is 1. The summed E-state index contributed by atoms with van der Waals surface area (Å²) >= 11 is 6.08. The van der Waals surface area contributed by atoms with Gasteiger partial charge in [-0.05, 0) is 30.5 Å². The van der Waals surface area contributed by atoms with E-state index in [2.05, 4.69) is 35.8 Å². The summed E-state index contributed by atoms with van der Waals surface area (Å²) in [5.74, 6) is 0.570. The molecule has 3 nitrogen and oxygen atoms in total. The number of halogens is 1. The van der Waals surface area contributed by atoms with Crippen LogP contribution in [0.5, 0.6) is 0 Å². The highest BCUT2D eigenvalue weighted by atomic mass is 35.5. The highest BCUT2D eigenvalue weighted by Gasteiger charge is 2.64. The van der Waals surface area contributed by atoms with Gasteiger partial charge in [-0.2, -0.15) is 0 Å². The Morgan fingerprint density at radius 1 is 0.958 bits per heavy atom. The maximum Gasteiger partial charge on any atom is 0.150 e. The van der Waals surface area contributed by atoms with E-state index in [-0.39, 0.29) is 10.8 Å². The number of hydrogen-bond donors (Lipinski definition) is 0. The van der Waals surface area contributed by atoms with Gasteiger partial charge in [-0.15, -0.1) is 0 Å². The van der Waals surface area contributed by atoms with Crippen LogP contribution in [0.4, 0.5) is 0 Å². The lowest BCUT2D eigenvalue weighted by molar-refractivity contribution is -0.205. The summed E-state index contributed by atoms with van der Waals surface area (Å²) in [5.41, 5.74) is 1.04. The van der Waals surface area contributed by atoms with Gasteiger partial charge in [0, 0.05) is 31.2 Å². The molecule has 0 saturated carbocycles. The van der Waals surface area contributed by atoms with Crippen molar-refractivity contribution in [1.29, 1.82) is 0 Å². The molecule has 4 bridgehead atoms. The lowest BCUT2D eigenvalue weighted by atomic mass is 9.57. The van der Waals surface area contributed by atoms with Crippen LogP contribution in [-0.4, -0.2) is 41.8 Å². The van der Waals surface area contributed by atoms with Crippen molar-refractivity contribution < 1.29 is 4.79 Å². The Hall–Kier alpha value is -0.900. The van der Waals surface area contributed by atoms with E-state index >= 15 is 0 Å². The largest absolute Gasteiger partial charge is 0.298 e. The van der Waals surface area contributed by atoms with Crippen LogP contribution in [0.25, 0.3) is 0 Å². The van der Waals surface area contributed by atoms with E-state index in [9.17, 15) is 4.79 Å². The number of piperidine rings is 2. The molecule has 4 saturated heterocycles. The van der Waals surface area contributed by atoms with Gasteiger partial charge < -0.3 is 0 Å². The summed E-state index contributed by atoms with van der Waals surface area (Å²) in [6, 6.07) is 8.27. The molecule has 4 heterocycles. The van der Waals surface area contributed by atoms with Gasteiger partial charge in [-0.3, -0.25) is 14.6 Å². The number of nitrogens with zero attached hydrogens (tertiary/aromatic N) is 2. The second kappa shape index (κ2) is 5.82. The summed E-state index contributed by atoms with van der Waals surface area (Å²) in [5, 5.41) is 0.785. The zero-order chi connectivity index (χ0) is 16.9. The Bertz CT molecular complexity index is 598.